The van der Waals surface area contributed by atoms with E-state index in [0.29, 0.717) is 17.2 Å². The lowest BCUT2D eigenvalue weighted by Crippen LogP contribution is -2.14. The van der Waals surface area contributed by atoms with Crippen LogP contribution < -0.4 is 10.0 Å². The fourth-order valence-corrected chi connectivity index (χ4v) is 2.85. The molecule has 0 fully saturated rings. The Bertz CT molecular complexity index is 707. The molecule has 0 aromatic carbocycles. The van der Waals surface area contributed by atoms with Crippen molar-refractivity contribution in [3.8, 4) is 0 Å². The molecule has 7 nitrogen and oxygen atoms in total. The van der Waals surface area contributed by atoms with Gasteiger partial charge in [0.25, 0.3) is 10.0 Å². The van der Waals surface area contributed by atoms with Crippen molar-refractivity contribution in [3.63, 3.8) is 0 Å². The van der Waals surface area contributed by atoms with Gasteiger partial charge in [-0.15, -0.1) is 0 Å². The number of sulfonamides is 1. The summed E-state index contributed by atoms with van der Waals surface area (Å²) in [4.78, 5) is 4.22. The Morgan fingerprint density at radius 2 is 2.10 bits per heavy atom. The predicted octanol–water partition coefficient (Wildman–Crippen LogP) is 1.75. The standard InChI is InChI=1S/C13H19N5O2S/c1-4-7-14-13-6-5-11(8-15-13)21(19,20)17-12-9-18(3)16-10(12)2/h5-6,8-9,17H,4,7H2,1-3H3,(H,14,15). The van der Waals surface area contributed by atoms with Crippen molar-refractivity contribution in [2.75, 3.05) is 16.6 Å². The zero-order chi connectivity index (χ0) is 15.5. The van der Waals surface area contributed by atoms with Crippen LogP contribution in [-0.4, -0.2) is 29.7 Å². The molecule has 2 aromatic heterocycles. The van der Waals surface area contributed by atoms with Gasteiger partial charge in [-0.05, 0) is 25.5 Å². The Labute approximate surface area is 124 Å². The van der Waals surface area contributed by atoms with Crippen LogP contribution in [0.25, 0.3) is 0 Å². The molecule has 0 amide bonds. The van der Waals surface area contributed by atoms with Crippen LogP contribution >= 0.6 is 0 Å². The minimum absolute atomic E-state index is 0.118. The second-order valence-corrected chi connectivity index (χ2v) is 6.40. The van der Waals surface area contributed by atoms with Crippen LogP contribution in [0.1, 0.15) is 19.0 Å². The normalized spacial score (nSPS) is 11.4. The third kappa shape index (κ3) is 3.72. The van der Waals surface area contributed by atoms with Crippen LogP contribution in [0.15, 0.2) is 29.4 Å². The van der Waals surface area contributed by atoms with Gasteiger partial charge in [0, 0.05) is 26.0 Å². The number of hydrogen-bond acceptors (Lipinski definition) is 5. The molecule has 114 valence electrons. The van der Waals surface area contributed by atoms with Crippen molar-refractivity contribution >= 4 is 21.5 Å². The lowest BCUT2D eigenvalue weighted by molar-refractivity contribution is 0.601. The number of hydrogen-bond donors (Lipinski definition) is 2. The van der Waals surface area contributed by atoms with E-state index in [1.165, 1.54) is 12.3 Å². The van der Waals surface area contributed by atoms with Gasteiger partial charge in [-0.3, -0.25) is 9.40 Å². The van der Waals surface area contributed by atoms with Crippen molar-refractivity contribution in [2.24, 2.45) is 7.05 Å². The Hall–Kier alpha value is -2.09. The number of nitrogens with one attached hydrogen (secondary N) is 2. The summed E-state index contributed by atoms with van der Waals surface area (Å²) in [6.45, 7) is 4.59. The maximum atomic E-state index is 12.3. The summed E-state index contributed by atoms with van der Waals surface area (Å²) in [5.74, 6) is 0.661. The summed E-state index contributed by atoms with van der Waals surface area (Å²) in [5, 5.41) is 7.20. The molecular weight excluding hydrogens is 290 g/mol. The minimum Gasteiger partial charge on any atom is -0.370 e. The fraction of sp³-hybridized carbons (Fsp3) is 0.385. The number of aromatic nitrogens is 3. The molecule has 2 N–H and O–H groups in total. The molecule has 0 saturated heterocycles. The Morgan fingerprint density at radius 1 is 1.33 bits per heavy atom. The van der Waals surface area contributed by atoms with Crippen molar-refractivity contribution in [3.05, 3.63) is 30.2 Å². The van der Waals surface area contributed by atoms with Gasteiger partial charge in [0.05, 0.1) is 11.4 Å². The Kier molecular flexibility index (Phi) is 4.46. The zero-order valence-corrected chi connectivity index (χ0v) is 13.1. The molecule has 2 heterocycles. The molecule has 8 heteroatoms. The zero-order valence-electron chi connectivity index (χ0n) is 12.3. The number of pyridine rings is 1. The number of nitrogens with zero attached hydrogens (tertiary/aromatic N) is 3. The van der Waals surface area contributed by atoms with E-state index >= 15 is 0 Å². The molecule has 0 spiro atoms. The first kappa shape index (κ1) is 15.3. The van der Waals surface area contributed by atoms with Crippen LogP contribution in [0.5, 0.6) is 0 Å². The van der Waals surface area contributed by atoms with Crippen LogP contribution in [0.2, 0.25) is 0 Å². The van der Waals surface area contributed by atoms with E-state index in [9.17, 15) is 8.42 Å². The van der Waals surface area contributed by atoms with Gasteiger partial charge >= 0.3 is 0 Å². The highest BCUT2D eigenvalue weighted by atomic mass is 32.2. The van der Waals surface area contributed by atoms with Crippen molar-refractivity contribution in [1.82, 2.24) is 14.8 Å². The third-order valence-corrected chi connectivity index (χ3v) is 4.21. The molecule has 2 aromatic rings. The van der Waals surface area contributed by atoms with Crippen molar-refractivity contribution < 1.29 is 8.42 Å². The van der Waals surface area contributed by atoms with E-state index in [1.807, 2.05) is 6.92 Å². The van der Waals surface area contributed by atoms with E-state index in [0.717, 1.165) is 13.0 Å². The van der Waals surface area contributed by atoms with E-state index in [2.05, 4.69) is 20.1 Å². The highest BCUT2D eigenvalue weighted by Crippen LogP contribution is 2.18. The highest BCUT2D eigenvalue weighted by molar-refractivity contribution is 7.92. The second kappa shape index (κ2) is 6.13. The van der Waals surface area contributed by atoms with Gasteiger partial charge in [-0.2, -0.15) is 5.10 Å². The third-order valence-electron chi connectivity index (χ3n) is 2.86. The van der Waals surface area contributed by atoms with Gasteiger partial charge in [-0.25, -0.2) is 13.4 Å². The molecule has 0 bridgehead atoms. The molecule has 0 aliphatic carbocycles. The summed E-state index contributed by atoms with van der Waals surface area (Å²) in [5.41, 5.74) is 1.08. The molecule has 2 rings (SSSR count). The SMILES string of the molecule is CCCNc1ccc(S(=O)(=O)Nc2cn(C)nc2C)cn1. The topological polar surface area (TPSA) is 88.9 Å². The summed E-state index contributed by atoms with van der Waals surface area (Å²) < 4.78 is 28.6. The Morgan fingerprint density at radius 3 is 2.62 bits per heavy atom. The molecule has 0 unspecified atom stereocenters. The van der Waals surface area contributed by atoms with E-state index in [-0.39, 0.29) is 4.90 Å². The molecule has 21 heavy (non-hydrogen) atoms. The van der Waals surface area contributed by atoms with E-state index in [1.54, 1.807) is 30.9 Å². The van der Waals surface area contributed by atoms with Crippen LogP contribution in [0.4, 0.5) is 11.5 Å². The maximum absolute atomic E-state index is 12.3. The Balaban J connectivity index is 2.17. The van der Waals surface area contributed by atoms with Gasteiger partial charge < -0.3 is 5.32 Å². The fourth-order valence-electron chi connectivity index (χ4n) is 1.80. The number of rotatable bonds is 6. The van der Waals surface area contributed by atoms with Crippen LogP contribution in [-0.2, 0) is 17.1 Å². The lowest BCUT2D eigenvalue weighted by Gasteiger charge is -2.08. The summed E-state index contributed by atoms with van der Waals surface area (Å²) in [6.07, 6.45) is 3.94. The van der Waals surface area contributed by atoms with Gasteiger partial charge in [-0.1, -0.05) is 6.92 Å². The van der Waals surface area contributed by atoms with Crippen LogP contribution in [0, 0.1) is 6.92 Å². The predicted molar refractivity (Wildman–Crippen MR) is 81.8 cm³/mol. The van der Waals surface area contributed by atoms with Crippen LogP contribution in [0.3, 0.4) is 0 Å². The second-order valence-electron chi connectivity index (χ2n) is 4.71. The first-order valence-electron chi connectivity index (χ1n) is 6.65. The average Bonchev–Trinajstić information content (AvgIpc) is 2.74. The highest BCUT2D eigenvalue weighted by Gasteiger charge is 2.17. The van der Waals surface area contributed by atoms with E-state index < -0.39 is 10.0 Å². The molecular formula is C13H19N5O2S. The molecule has 0 aliphatic heterocycles. The molecule has 0 aliphatic rings. The number of aryl methyl sites for hydroxylation is 2. The summed E-state index contributed by atoms with van der Waals surface area (Å²) >= 11 is 0. The van der Waals surface area contributed by atoms with Crippen molar-refractivity contribution in [1.29, 1.82) is 0 Å². The number of anilines is 2. The minimum atomic E-state index is -3.65. The average molecular weight is 309 g/mol. The molecule has 0 radical (unpaired) electrons. The smallest absolute Gasteiger partial charge is 0.263 e. The van der Waals surface area contributed by atoms with Gasteiger partial charge in [0.2, 0.25) is 0 Å². The van der Waals surface area contributed by atoms with Gasteiger partial charge in [0.1, 0.15) is 10.7 Å². The largest absolute Gasteiger partial charge is 0.370 e. The molecule has 0 atom stereocenters. The maximum Gasteiger partial charge on any atom is 0.263 e. The first-order chi connectivity index (χ1) is 9.92. The summed E-state index contributed by atoms with van der Waals surface area (Å²) in [7, 11) is -1.92. The van der Waals surface area contributed by atoms with E-state index in [4.69, 9.17) is 0 Å². The van der Waals surface area contributed by atoms with Gasteiger partial charge in [0.15, 0.2) is 0 Å². The molecule has 0 saturated carbocycles. The monoisotopic (exact) mass is 309 g/mol. The first-order valence-corrected chi connectivity index (χ1v) is 8.13. The van der Waals surface area contributed by atoms with Crippen molar-refractivity contribution in [2.45, 2.75) is 25.2 Å². The summed E-state index contributed by atoms with van der Waals surface area (Å²) in [6, 6.07) is 3.18. The lowest BCUT2D eigenvalue weighted by atomic mass is 10.4. The quantitative estimate of drug-likeness (QED) is 0.848.